The summed E-state index contributed by atoms with van der Waals surface area (Å²) in [6.45, 7) is 0. The van der Waals surface area contributed by atoms with Gasteiger partial charge in [-0.3, -0.25) is 4.98 Å². The van der Waals surface area contributed by atoms with Crippen LogP contribution in [0.5, 0.6) is 0 Å². The summed E-state index contributed by atoms with van der Waals surface area (Å²) in [4.78, 5) is 4.30. The van der Waals surface area contributed by atoms with Gasteiger partial charge in [-0.1, -0.05) is 69.6 Å². The molecule has 0 aliphatic heterocycles. The van der Waals surface area contributed by atoms with E-state index in [1.165, 1.54) is 0 Å². The topological polar surface area (TPSA) is 12.9 Å². The molecule has 0 spiro atoms. The molecule has 8 heteroatoms. The molecule has 0 amide bonds. The fourth-order valence-electron chi connectivity index (χ4n) is 2.32. The van der Waals surface area contributed by atoms with Crippen molar-refractivity contribution in [2.24, 2.45) is 0 Å². The summed E-state index contributed by atoms with van der Waals surface area (Å²) in [5, 5.41) is 2.50. The second kappa shape index (κ2) is 7.97. The predicted molar refractivity (Wildman–Crippen MR) is 118 cm³/mol. The molecular formula is C17H6Cl6IN. The molecule has 0 saturated heterocycles. The highest BCUT2D eigenvalue weighted by molar-refractivity contribution is 14.1. The van der Waals surface area contributed by atoms with E-state index in [0.717, 1.165) is 14.7 Å². The maximum Gasteiger partial charge on any atom is 0.0672 e. The highest BCUT2D eigenvalue weighted by atomic mass is 127. The SMILES string of the molecule is Clc1cc(Cl)c(Cl)c(-c2cncc(-c3cc(Cl)cc(Cl)c3Cl)c2I)c1. The molecule has 2 aromatic carbocycles. The van der Waals surface area contributed by atoms with E-state index in [1.807, 2.05) is 0 Å². The molecule has 0 aliphatic carbocycles. The zero-order valence-electron chi connectivity index (χ0n) is 12.1. The van der Waals surface area contributed by atoms with Crippen molar-refractivity contribution in [3.63, 3.8) is 0 Å². The monoisotopic (exact) mass is 561 g/mol. The first-order chi connectivity index (χ1) is 11.8. The smallest absolute Gasteiger partial charge is 0.0672 e. The van der Waals surface area contributed by atoms with Crippen molar-refractivity contribution >= 4 is 92.2 Å². The molecule has 3 aromatic rings. The van der Waals surface area contributed by atoms with Gasteiger partial charge in [0.15, 0.2) is 0 Å². The highest BCUT2D eigenvalue weighted by Crippen LogP contribution is 2.43. The van der Waals surface area contributed by atoms with Crippen LogP contribution in [0.3, 0.4) is 0 Å². The molecule has 0 unspecified atom stereocenters. The number of hydrogen-bond donors (Lipinski definition) is 0. The molecular weight excluding hydrogens is 558 g/mol. The minimum atomic E-state index is 0.370. The van der Waals surface area contributed by atoms with E-state index in [-0.39, 0.29) is 0 Å². The molecule has 0 fully saturated rings. The van der Waals surface area contributed by atoms with E-state index < -0.39 is 0 Å². The Morgan fingerprint density at radius 3 is 1.40 bits per heavy atom. The maximum atomic E-state index is 6.36. The van der Waals surface area contributed by atoms with E-state index >= 15 is 0 Å². The first kappa shape index (κ1) is 19.8. The van der Waals surface area contributed by atoms with Gasteiger partial charge in [-0.15, -0.1) is 0 Å². The van der Waals surface area contributed by atoms with Crippen molar-refractivity contribution in [1.29, 1.82) is 0 Å². The number of nitrogens with zero attached hydrogens (tertiary/aromatic N) is 1. The van der Waals surface area contributed by atoms with Crippen molar-refractivity contribution in [2.75, 3.05) is 0 Å². The molecule has 0 atom stereocenters. The third-order valence-electron chi connectivity index (χ3n) is 3.45. The number of halogens is 7. The lowest BCUT2D eigenvalue weighted by molar-refractivity contribution is 1.31. The van der Waals surface area contributed by atoms with Gasteiger partial charge in [-0.2, -0.15) is 0 Å². The van der Waals surface area contributed by atoms with Gasteiger partial charge in [-0.05, 0) is 46.9 Å². The molecule has 0 radical (unpaired) electrons. The Morgan fingerprint density at radius 1 is 0.600 bits per heavy atom. The fraction of sp³-hybridized carbons (Fsp3) is 0. The Bertz CT molecular complexity index is 914. The van der Waals surface area contributed by atoms with Gasteiger partial charge in [0, 0.05) is 48.3 Å². The van der Waals surface area contributed by atoms with Gasteiger partial charge in [0.2, 0.25) is 0 Å². The van der Waals surface area contributed by atoms with Gasteiger partial charge >= 0.3 is 0 Å². The zero-order valence-corrected chi connectivity index (χ0v) is 18.8. The van der Waals surface area contributed by atoms with Crippen molar-refractivity contribution in [1.82, 2.24) is 4.98 Å². The Labute approximate surface area is 188 Å². The summed E-state index contributed by atoms with van der Waals surface area (Å²) < 4.78 is 0.869. The normalized spacial score (nSPS) is 11.0. The number of aromatic nitrogens is 1. The fourth-order valence-corrected chi connectivity index (χ4v) is 4.59. The van der Waals surface area contributed by atoms with Crippen LogP contribution in [0.4, 0.5) is 0 Å². The van der Waals surface area contributed by atoms with Crippen molar-refractivity contribution in [3.8, 4) is 22.3 Å². The van der Waals surface area contributed by atoms with E-state index in [0.29, 0.717) is 41.3 Å². The number of rotatable bonds is 2. The quantitative estimate of drug-likeness (QED) is 0.224. The van der Waals surface area contributed by atoms with Crippen LogP contribution >= 0.6 is 92.2 Å². The molecule has 128 valence electrons. The molecule has 0 saturated carbocycles. The molecule has 1 heterocycles. The van der Waals surface area contributed by atoms with Crippen LogP contribution in [0.2, 0.25) is 30.1 Å². The largest absolute Gasteiger partial charge is 0.263 e. The first-order valence-corrected chi connectivity index (χ1v) is 10.1. The van der Waals surface area contributed by atoms with Crippen LogP contribution in [-0.2, 0) is 0 Å². The van der Waals surface area contributed by atoms with Gasteiger partial charge < -0.3 is 0 Å². The minimum absolute atomic E-state index is 0.370. The second-order valence-corrected chi connectivity index (χ2v) is 8.57. The van der Waals surface area contributed by atoms with Crippen LogP contribution in [0.15, 0.2) is 36.7 Å². The Balaban J connectivity index is 2.28. The van der Waals surface area contributed by atoms with Crippen LogP contribution in [0.25, 0.3) is 22.3 Å². The standard InChI is InChI=1S/C17H6Cl6IN/c18-7-1-9(15(22)13(20)3-7)11-5-25-6-12(17(11)24)10-2-8(19)4-14(21)16(10)23/h1-6H. The molecule has 25 heavy (non-hydrogen) atoms. The van der Waals surface area contributed by atoms with Crippen LogP contribution in [0, 0.1) is 3.57 Å². The Kier molecular flexibility index (Phi) is 6.32. The number of hydrogen-bond acceptors (Lipinski definition) is 1. The minimum Gasteiger partial charge on any atom is -0.263 e. The van der Waals surface area contributed by atoms with E-state index in [1.54, 1.807) is 36.7 Å². The van der Waals surface area contributed by atoms with E-state index in [4.69, 9.17) is 69.6 Å². The Hall–Kier alpha value is 0.0600. The van der Waals surface area contributed by atoms with Crippen LogP contribution in [-0.4, -0.2) is 4.98 Å². The summed E-state index contributed by atoms with van der Waals surface area (Å²) in [6, 6.07) is 6.66. The first-order valence-electron chi connectivity index (χ1n) is 6.73. The molecule has 1 aromatic heterocycles. The predicted octanol–water partition coefficient (Wildman–Crippen LogP) is 8.94. The second-order valence-electron chi connectivity index (χ2n) is 5.05. The third kappa shape index (κ3) is 4.01. The van der Waals surface area contributed by atoms with Gasteiger partial charge in [0.25, 0.3) is 0 Å². The van der Waals surface area contributed by atoms with E-state index in [2.05, 4.69) is 27.6 Å². The number of benzene rings is 2. The highest BCUT2D eigenvalue weighted by Gasteiger charge is 2.18. The number of pyridine rings is 1. The molecule has 3 rings (SSSR count). The summed E-state index contributed by atoms with van der Waals surface area (Å²) in [7, 11) is 0. The Morgan fingerprint density at radius 2 is 1.00 bits per heavy atom. The molecule has 0 aliphatic rings. The zero-order chi connectivity index (χ0) is 18.3. The van der Waals surface area contributed by atoms with Crippen LogP contribution < -0.4 is 0 Å². The van der Waals surface area contributed by atoms with Gasteiger partial charge in [0.05, 0.1) is 20.1 Å². The lowest BCUT2D eigenvalue weighted by atomic mass is 10.0. The third-order valence-corrected chi connectivity index (χ3v) is 6.65. The molecule has 0 N–H and O–H groups in total. The molecule has 1 nitrogen and oxygen atoms in total. The summed E-state index contributed by atoms with van der Waals surface area (Å²) in [5.74, 6) is 0. The van der Waals surface area contributed by atoms with Crippen molar-refractivity contribution in [2.45, 2.75) is 0 Å². The van der Waals surface area contributed by atoms with Crippen molar-refractivity contribution < 1.29 is 0 Å². The summed E-state index contributed by atoms with van der Waals surface area (Å²) in [5.41, 5.74) is 2.92. The summed E-state index contributed by atoms with van der Waals surface area (Å²) >= 11 is 39.5. The lowest BCUT2D eigenvalue weighted by Crippen LogP contribution is -1.93. The lowest BCUT2D eigenvalue weighted by Gasteiger charge is -2.14. The summed E-state index contributed by atoms with van der Waals surface area (Å²) in [6.07, 6.45) is 3.39. The average Bonchev–Trinajstić information content (AvgIpc) is 2.55. The van der Waals surface area contributed by atoms with Crippen LogP contribution in [0.1, 0.15) is 0 Å². The average molecular weight is 564 g/mol. The van der Waals surface area contributed by atoms with E-state index in [9.17, 15) is 0 Å². The van der Waals surface area contributed by atoms with Gasteiger partial charge in [0.1, 0.15) is 0 Å². The van der Waals surface area contributed by atoms with Crippen molar-refractivity contribution in [3.05, 3.63) is 70.4 Å². The van der Waals surface area contributed by atoms with Gasteiger partial charge in [-0.25, -0.2) is 0 Å². The maximum absolute atomic E-state index is 6.36. The molecule has 0 bridgehead atoms.